The highest BCUT2D eigenvalue weighted by Crippen LogP contribution is 2.18. The van der Waals surface area contributed by atoms with Gasteiger partial charge in [0.2, 0.25) is 0 Å². The van der Waals surface area contributed by atoms with Crippen LogP contribution in [-0.4, -0.2) is 20.7 Å². The second kappa shape index (κ2) is 5.38. The van der Waals surface area contributed by atoms with Crippen molar-refractivity contribution < 1.29 is 9.18 Å². The number of amides is 1. The van der Waals surface area contributed by atoms with Crippen LogP contribution in [0.25, 0.3) is 0 Å². The van der Waals surface area contributed by atoms with E-state index in [0.29, 0.717) is 11.4 Å². The van der Waals surface area contributed by atoms with Crippen molar-refractivity contribution in [3.8, 4) is 0 Å². The van der Waals surface area contributed by atoms with E-state index in [2.05, 4.69) is 10.4 Å². The Hall–Kier alpha value is -2.28. The molecule has 0 spiro atoms. The van der Waals surface area contributed by atoms with Gasteiger partial charge >= 0.3 is 0 Å². The smallest absolute Gasteiger partial charge is 0.273 e. The van der Waals surface area contributed by atoms with Gasteiger partial charge in [-0.2, -0.15) is 5.10 Å². The molecule has 5 nitrogen and oxygen atoms in total. The SMILES string of the molecule is Cc1cc(C(=O)Nc2ccc(F)cc2C(N)=S)n(C)n1. The zero-order chi connectivity index (χ0) is 14.9. The molecule has 0 aliphatic carbocycles. The van der Waals surface area contributed by atoms with Crippen LogP contribution in [0, 0.1) is 12.7 Å². The molecule has 0 aliphatic rings. The summed E-state index contributed by atoms with van der Waals surface area (Å²) in [6.45, 7) is 1.79. The van der Waals surface area contributed by atoms with E-state index in [-0.39, 0.29) is 16.5 Å². The number of aromatic nitrogens is 2. The summed E-state index contributed by atoms with van der Waals surface area (Å²) in [6, 6.07) is 5.49. The standard InChI is InChI=1S/C13H13FN4OS/c1-7-5-11(18(2)17-7)13(19)16-10-4-3-8(14)6-9(10)12(15)20/h3-6H,1-2H3,(H2,15,20)(H,16,19). The van der Waals surface area contributed by atoms with Gasteiger partial charge in [0.25, 0.3) is 5.91 Å². The average molecular weight is 292 g/mol. The van der Waals surface area contributed by atoms with Crippen LogP contribution in [0.5, 0.6) is 0 Å². The quantitative estimate of drug-likeness (QED) is 0.845. The number of nitrogens with one attached hydrogen (secondary N) is 1. The summed E-state index contributed by atoms with van der Waals surface area (Å²) in [5, 5.41) is 6.75. The first-order valence-electron chi connectivity index (χ1n) is 5.80. The van der Waals surface area contributed by atoms with Crippen LogP contribution in [0.15, 0.2) is 24.3 Å². The maximum atomic E-state index is 13.2. The highest BCUT2D eigenvalue weighted by Gasteiger charge is 2.15. The lowest BCUT2D eigenvalue weighted by atomic mass is 10.1. The third-order valence-corrected chi connectivity index (χ3v) is 2.95. The van der Waals surface area contributed by atoms with E-state index in [4.69, 9.17) is 18.0 Å². The van der Waals surface area contributed by atoms with Crippen LogP contribution in [0.2, 0.25) is 0 Å². The third-order valence-electron chi connectivity index (χ3n) is 2.73. The molecule has 1 aromatic carbocycles. The molecule has 2 rings (SSSR count). The average Bonchev–Trinajstić information content (AvgIpc) is 2.70. The Balaban J connectivity index is 2.33. The van der Waals surface area contributed by atoms with E-state index in [0.717, 1.165) is 5.69 Å². The molecule has 7 heteroatoms. The van der Waals surface area contributed by atoms with Crippen LogP contribution in [0.4, 0.5) is 10.1 Å². The maximum absolute atomic E-state index is 13.2. The van der Waals surface area contributed by atoms with E-state index >= 15 is 0 Å². The molecule has 20 heavy (non-hydrogen) atoms. The van der Waals surface area contributed by atoms with E-state index in [1.54, 1.807) is 20.0 Å². The number of benzene rings is 1. The molecule has 2 aromatic rings. The first-order chi connectivity index (χ1) is 9.38. The number of hydrogen-bond donors (Lipinski definition) is 2. The van der Waals surface area contributed by atoms with E-state index in [1.807, 2.05) is 0 Å². The molecule has 0 saturated heterocycles. The van der Waals surface area contributed by atoms with Crippen LogP contribution >= 0.6 is 12.2 Å². The monoisotopic (exact) mass is 292 g/mol. The Kier molecular flexibility index (Phi) is 3.80. The topological polar surface area (TPSA) is 72.9 Å². The van der Waals surface area contributed by atoms with Crippen molar-refractivity contribution in [1.82, 2.24) is 9.78 Å². The van der Waals surface area contributed by atoms with Crippen molar-refractivity contribution in [3.63, 3.8) is 0 Å². The second-order valence-electron chi connectivity index (χ2n) is 4.30. The zero-order valence-electron chi connectivity index (χ0n) is 11.0. The van der Waals surface area contributed by atoms with Crippen molar-refractivity contribution in [1.29, 1.82) is 0 Å². The van der Waals surface area contributed by atoms with Crippen molar-refractivity contribution in [2.75, 3.05) is 5.32 Å². The Bertz CT molecular complexity index is 696. The molecular formula is C13H13FN4OS. The van der Waals surface area contributed by atoms with Gasteiger partial charge < -0.3 is 11.1 Å². The van der Waals surface area contributed by atoms with Gasteiger partial charge in [0.05, 0.1) is 11.4 Å². The normalized spacial score (nSPS) is 10.3. The van der Waals surface area contributed by atoms with Crippen molar-refractivity contribution in [2.24, 2.45) is 12.8 Å². The van der Waals surface area contributed by atoms with Gasteiger partial charge in [0.1, 0.15) is 16.5 Å². The molecule has 0 bridgehead atoms. The first-order valence-corrected chi connectivity index (χ1v) is 6.20. The molecular weight excluding hydrogens is 279 g/mol. The van der Waals surface area contributed by atoms with Gasteiger partial charge in [0.15, 0.2) is 0 Å². The number of rotatable bonds is 3. The predicted octanol–water partition coefficient (Wildman–Crippen LogP) is 1.75. The highest BCUT2D eigenvalue weighted by molar-refractivity contribution is 7.80. The van der Waals surface area contributed by atoms with Crippen LogP contribution in [0.3, 0.4) is 0 Å². The van der Waals surface area contributed by atoms with Crippen LogP contribution < -0.4 is 11.1 Å². The van der Waals surface area contributed by atoms with Crippen molar-refractivity contribution in [2.45, 2.75) is 6.92 Å². The number of hydrogen-bond acceptors (Lipinski definition) is 3. The van der Waals surface area contributed by atoms with Gasteiger partial charge in [0, 0.05) is 12.6 Å². The minimum absolute atomic E-state index is 0.0148. The lowest BCUT2D eigenvalue weighted by Gasteiger charge is -2.10. The van der Waals surface area contributed by atoms with Crippen molar-refractivity contribution in [3.05, 3.63) is 47.0 Å². The third kappa shape index (κ3) is 2.83. The summed E-state index contributed by atoms with van der Waals surface area (Å²) in [6.07, 6.45) is 0. The molecule has 0 aliphatic heterocycles. The summed E-state index contributed by atoms with van der Waals surface area (Å²) >= 11 is 4.85. The minimum Gasteiger partial charge on any atom is -0.389 e. The van der Waals surface area contributed by atoms with E-state index < -0.39 is 5.82 Å². The Morgan fingerprint density at radius 2 is 2.15 bits per heavy atom. The Labute approximate surface area is 120 Å². The molecule has 0 fully saturated rings. The summed E-state index contributed by atoms with van der Waals surface area (Å²) in [7, 11) is 1.67. The summed E-state index contributed by atoms with van der Waals surface area (Å²) in [5.41, 5.74) is 7.29. The number of nitrogens with two attached hydrogens (primary N) is 1. The van der Waals surface area contributed by atoms with Crippen LogP contribution in [0.1, 0.15) is 21.7 Å². The molecule has 3 N–H and O–H groups in total. The van der Waals surface area contributed by atoms with Crippen LogP contribution in [-0.2, 0) is 7.05 Å². The van der Waals surface area contributed by atoms with Gasteiger partial charge in [-0.15, -0.1) is 0 Å². The first kappa shape index (κ1) is 14.1. The number of aryl methyl sites for hydroxylation is 2. The fourth-order valence-corrected chi connectivity index (χ4v) is 2.01. The lowest BCUT2D eigenvalue weighted by Crippen LogP contribution is -2.20. The van der Waals surface area contributed by atoms with Gasteiger partial charge in [-0.05, 0) is 31.2 Å². The van der Waals surface area contributed by atoms with E-state index in [1.165, 1.54) is 22.9 Å². The maximum Gasteiger partial charge on any atom is 0.273 e. The number of nitrogens with zero attached hydrogens (tertiary/aromatic N) is 2. The number of carbonyl (C=O) groups is 1. The molecule has 1 amide bonds. The predicted molar refractivity (Wildman–Crippen MR) is 78.2 cm³/mol. The number of carbonyl (C=O) groups excluding carboxylic acids is 1. The van der Waals surface area contributed by atoms with Crippen molar-refractivity contribution >= 4 is 28.8 Å². The fraction of sp³-hybridized carbons (Fsp3) is 0.154. The highest BCUT2D eigenvalue weighted by atomic mass is 32.1. The summed E-state index contributed by atoms with van der Waals surface area (Å²) < 4.78 is 14.7. The van der Waals surface area contributed by atoms with E-state index in [9.17, 15) is 9.18 Å². The number of anilines is 1. The lowest BCUT2D eigenvalue weighted by molar-refractivity contribution is 0.101. The summed E-state index contributed by atoms with van der Waals surface area (Å²) in [4.78, 5) is 12.2. The summed E-state index contributed by atoms with van der Waals surface area (Å²) in [5.74, 6) is -0.834. The van der Waals surface area contributed by atoms with Gasteiger partial charge in [-0.3, -0.25) is 9.48 Å². The number of thiocarbonyl (C=S) groups is 1. The number of halogens is 1. The second-order valence-corrected chi connectivity index (χ2v) is 4.74. The molecule has 1 heterocycles. The fourth-order valence-electron chi connectivity index (χ4n) is 1.84. The molecule has 104 valence electrons. The van der Waals surface area contributed by atoms with Gasteiger partial charge in [-0.25, -0.2) is 4.39 Å². The zero-order valence-corrected chi connectivity index (χ0v) is 11.8. The minimum atomic E-state index is -0.470. The van der Waals surface area contributed by atoms with Gasteiger partial charge in [-0.1, -0.05) is 12.2 Å². The molecule has 0 saturated carbocycles. The molecule has 0 radical (unpaired) electrons. The molecule has 0 atom stereocenters. The Morgan fingerprint density at radius 3 is 2.70 bits per heavy atom. The molecule has 1 aromatic heterocycles. The largest absolute Gasteiger partial charge is 0.389 e. The Morgan fingerprint density at radius 1 is 1.45 bits per heavy atom. The molecule has 0 unspecified atom stereocenters.